The van der Waals surface area contributed by atoms with Gasteiger partial charge in [-0.25, -0.2) is 9.78 Å². The maximum Gasteiger partial charge on any atom is 0.336 e. The maximum atomic E-state index is 10.6. The van der Waals surface area contributed by atoms with E-state index in [9.17, 15) is 4.79 Å². The van der Waals surface area contributed by atoms with E-state index in [0.29, 0.717) is 12.0 Å². The number of nitrogens with two attached hydrogens (primary N) is 1. The van der Waals surface area contributed by atoms with Gasteiger partial charge in [-0.3, -0.25) is 0 Å². The molecule has 0 aromatic carbocycles. The lowest BCUT2D eigenvalue weighted by atomic mass is 10.1. The highest BCUT2D eigenvalue weighted by Crippen LogP contribution is 2.11. The standard InChI is InChI=1S/C8H10N2O2/c1-2-5-4-10-7(9)3-6(5)8(11)12/h3-4H,2H2,1H3,(H2,9,10)(H,11,12). The predicted octanol–water partition coefficient (Wildman–Crippen LogP) is 0.924. The van der Waals surface area contributed by atoms with E-state index in [1.54, 1.807) is 0 Å². The molecule has 3 N–H and O–H groups in total. The predicted molar refractivity (Wildman–Crippen MR) is 45.0 cm³/mol. The SMILES string of the molecule is CCc1cnc(N)cc1C(=O)O. The number of carbonyl (C=O) groups is 1. The Labute approximate surface area is 70.0 Å². The molecule has 0 bridgehead atoms. The molecule has 1 heterocycles. The van der Waals surface area contributed by atoms with Crippen LogP contribution >= 0.6 is 0 Å². The number of nitrogen functional groups attached to an aromatic ring is 1. The number of nitrogens with zero attached hydrogens (tertiary/aromatic N) is 1. The quantitative estimate of drug-likeness (QED) is 0.685. The summed E-state index contributed by atoms with van der Waals surface area (Å²) < 4.78 is 0. The van der Waals surface area contributed by atoms with E-state index in [1.165, 1.54) is 12.3 Å². The average Bonchev–Trinajstić information content (AvgIpc) is 2.04. The van der Waals surface area contributed by atoms with Crippen molar-refractivity contribution in [3.63, 3.8) is 0 Å². The molecule has 1 rings (SSSR count). The summed E-state index contributed by atoms with van der Waals surface area (Å²) in [6.45, 7) is 1.87. The molecule has 1 aromatic rings. The Bertz CT molecular complexity index is 310. The van der Waals surface area contributed by atoms with Gasteiger partial charge in [0.1, 0.15) is 5.82 Å². The van der Waals surface area contributed by atoms with Crippen LogP contribution in [0.3, 0.4) is 0 Å². The molecule has 4 nitrogen and oxygen atoms in total. The largest absolute Gasteiger partial charge is 0.478 e. The second kappa shape index (κ2) is 3.21. The highest BCUT2D eigenvalue weighted by Gasteiger charge is 2.08. The van der Waals surface area contributed by atoms with Crippen LogP contribution in [0.2, 0.25) is 0 Å². The maximum absolute atomic E-state index is 10.6. The number of aryl methyl sites for hydroxylation is 1. The lowest BCUT2D eigenvalue weighted by molar-refractivity contribution is 0.0695. The van der Waals surface area contributed by atoms with Crippen LogP contribution in [-0.4, -0.2) is 16.1 Å². The van der Waals surface area contributed by atoms with E-state index >= 15 is 0 Å². The fourth-order valence-corrected chi connectivity index (χ4v) is 0.981. The zero-order chi connectivity index (χ0) is 9.14. The Morgan fingerprint density at radius 2 is 2.42 bits per heavy atom. The third-order valence-electron chi connectivity index (χ3n) is 1.62. The number of anilines is 1. The molecule has 0 aliphatic rings. The summed E-state index contributed by atoms with van der Waals surface area (Å²) in [4.78, 5) is 14.5. The van der Waals surface area contributed by atoms with Gasteiger partial charge in [0.2, 0.25) is 0 Å². The van der Waals surface area contributed by atoms with Gasteiger partial charge in [0.15, 0.2) is 0 Å². The topological polar surface area (TPSA) is 76.2 Å². The first-order chi connectivity index (χ1) is 5.65. The number of hydrogen-bond donors (Lipinski definition) is 2. The summed E-state index contributed by atoms with van der Waals surface area (Å²) in [5, 5.41) is 8.74. The third-order valence-corrected chi connectivity index (χ3v) is 1.62. The van der Waals surface area contributed by atoms with E-state index in [2.05, 4.69) is 4.98 Å². The Kier molecular flexibility index (Phi) is 2.28. The average molecular weight is 166 g/mol. The Morgan fingerprint density at radius 3 is 2.92 bits per heavy atom. The summed E-state index contributed by atoms with van der Waals surface area (Å²) >= 11 is 0. The first kappa shape index (κ1) is 8.52. The summed E-state index contributed by atoms with van der Waals surface area (Å²) in [6, 6.07) is 1.38. The summed E-state index contributed by atoms with van der Waals surface area (Å²) in [7, 11) is 0. The number of carboxylic acid groups (broad SMARTS) is 1. The van der Waals surface area contributed by atoms with Crippen LogP contribution in [0.1, 0.15) is 22.8 Å². The monoisotopic (exact) mass is 166 g/mol. The number of rotatable bonds is 2. The van der Waals surface area contributed by atoms with Gasteiger partial charge in [-0.2, -0.15) is 0 Å². The van der Waals surface area contributed by atoms with Gasteiger partial charge in [0.05, 0.1) is 5.56 Å². The number of pyridine rings is 1. The van der Waals surface area contributed by atoms with Gasteiger partial charge < -0.3 is 10.8 Å². The van der Waals surface area contributed by atoms with Gasteiger partial charge in [0.25, 0.3) is 0 Å². The van der Waals surface area contributed by atoms with E-state index in [0.717, 1.165) is 0 Å². The second-order valence-electron chi connectivity index (χ2n) is 2.43. The van der Waals surface area contributed by atoms with E-state index < -0.39 is 5.97 Å². The van der Waals surface area contributed by atoms with Crippen molar-refractivity contribution in [2.75, 3.05) is 5.73 Å². The molecule has 64 valence electrons. The molecular weight excluding hydrogens is 156 g/mol. The van der Waals surface area contributed by atoms with E-state index in [-0.39, 0.29) is 11.4 Å². The molecule has 0 aliphatic carbocycles. The van der Waals surface area contributed by atoms with Crippen LogP contribution < -0.4 is 5.73 Å². The van der Waals surface area contributed by atoms with Gasteiger partial charge in [-0.15, -0.1) is 0 Å². The minimum absolute atomic E-state index is 0.240. The van der Waals surface area contributed by atoms with Crippen molar-refractivity contribution in [1.29, 1.82) is 0 Å². The molecule has 0 saturated heterocycles. The molecule has 0 fully saturated rings. The summed E-state index contributed by atoms with van der Waals surface area (Å²) in [5.74, 6) is -0.717. The number of carboxylic acids is 1. The minimum Gasteiger partial charge on any atom is -0.478 e. The zero-order valence-electron chi connectivity index (χ0n) is 6.74. The van der Waals surface area contributed by atoms with Gasteiger partial charge in [0, 0.05) is 6.20 Å². The molecular formula is C8H10N2O2. The van der Waals surface area contributed by atoms with Gasteiger partial charge in [-0.1, -0.05) is 6.92 Å². The molecule has 0 spiro atoms. The van der Waals surface area contributed by atoms with E-state index in [4.69, 9.17) is 10.8 Å². The first-order valence-electron chi connectivity index (χ1n) is 3.62. The molecule has 0 aliphatic heterocycles. The Morgan fingerprint density at radius 1 is 1.75 bits per heavy atom. The number of hydrogen-bond acceptors (Lipinski definition) is 3. The number of aromatic nitrogens is 1. The van der Waals surface area contributed by atoms with Crippen molar-refractivity contribution in [2.24, 2.45) is 0 Å². The fourth-order valence-electron chi connectivity index (χ4n) is 0.981. The third kappa shape index (κ3) is 1.53. The van der Waals surface area contributed by atoms with E-state index in [1.807, 2.05) is 6.92 Å². The van der Waals surface area contributed by atoms with Crippen LogP contribution in [0.15, 0.2) is 12.3 Å². The fraction of sp³-hybridized carbons (Fsp3) is 0.250. The van der Waals surface area contributed by atoms with Crippen LogP contribution in [-0.2, 0) is 6.42 Å². The molecule has 0 saturated carbocycles. The second-order valence-corrected chi connectivity index (χ2v) is 2.43. The van der Waals surface area contributed by atoms with Gasteiger partial charge >= 0.3 is 5.97 Å². The van der Waals surface area contributed by atoms with Crippen LogP contribution in [0.25, 0.3) is 0 Å². The number of aromatic carboxylic acids is 1. The van der Waals surface area contributed by atoms with Crippen LogP contribution in [0, 0.1) is 0 Å². The van der Waals surface area contributed by atoms with Crippen molar-refractivity contribution in [3.8, 4) is 0 Å². The molecule has 1 aromatic heterocycles. The highest BCUT2D eigenvalue weighted by molar-refractivity contribution is 5.90. The molecule has 0 atom stereocenters. The van der Waals surface area contributed by atoms with Crippen molar-refractivity contribution < 1.29 is 9.90 Å². The minimum atomic E-state index is -0.957. The normalized spacial score (nSPS) is 9.75. The van der Waals surface area contributed by atoms with Crippen molar-refractivity contribution in [2.45, 2.75) is 13.3 Å². The Hall–Kier alpha value is -1.58. The van der Waals surface area contributed by atoms with Crippen molar-refractivity contribution >= 4 is 11.8 Å². The highest BCUT2D eigenvalue weighted by atomic mass is 16.4. The van der Waals surface area contributed by atoms with Gasteiger partial charge in [-0.05, 0) is 18.1 Å². The molecule has 0 unspecified atom stereocenters. The lowest BCUT2D eigenvalue weighted by Gasteiger charge is -2.02. The molecule has 0 amide bonds. The Balaban J connectivity index is 3.21. The van der Waals surface area contributed by atoms with Crippen LogP contribution in [0.4, 0.5) is 5.82 Å². The molecule has 4 heteroatoms. The smallest absolute Gasteiger partial charge is 0.336 e. The first-order valence-corrected chi connectivity index (χ1v) is 3.62. The lowest BCUT2D eigenvalue weighted by Crippen LogP contribution is -2.04. The molecule has 12 heavy (non-hydrogen) atoms. The van der Waals surface area contributed by atoms with Crippen LogP contribution in [0.5, 0.6) is 0 Å². The molecule has 0 radical (unpaired) electrons. The summed E-state index contributed by atoms with van der Waals surface area (Å²) in [5.41, 5.74) is 6.29. The van der Waals surface area contributed by atoms with Crippen molar-refractivity contribution in [1.82, 2.24) is 4.98 Å². The summed E-state index contributed by atoms with van der Waals surface area (Å²) in [6.07, 6.45) is 2.15. The van der Waals surface area contributed by atoms with Crippen molar-refractivity contribution in [3.05, 3.63) is 23.4 Å². The zero-order valence-corrected chi connectivity index (χ0v) is 6.74.